The summed E-state index contributed by atoms with van der Waals surface area (Å²) in [5.41, 5.74) is 10.2. The second-order valence-corrected chi connectivity index (χ2v) is 22.1. The third kappa shape index (κ3) is 8.10. The van der Waals surface area contributed by atoms with Crippen LogP contribution in [0.3, 0.4) is 0 Å². The van der Waals surface area contributed by atoms with Crippen molar-refractivity contribution in [3.63, 3.8) is 0 Å². The highest BCUT2D eigenvalue weighted by Gasteiger charge is 2.57. The Hall–Kier alpha value is -5.59. The molecule has 70 heavy (non-hydrogen) atoms. The molecule has 3 N–H and O–H groups in total. The summed E-state index contributed by atoms with van der Waals surface area (Å²) in [6.45, 7) is 13.0. The van der Waals surface area contributed by atoms with E-state index in [1.54, 1.807) is 19.6 Å². The van der Waals surface area contributed by atoms with Gasteiger partial charge in [-0.2, -0.15) is 0 Å². The van der Waals surface area contributed by atoms with Gasteiger partial charge in [0.25, 0.3) is 5.91 Å². The zero-order valence-corrected chi connectivity index (χ0v) is 40.9. The van der Waals surface area contributed by atoms with E-state index in [1.807, 2.05) is 32.2 Å². The number of carbonyl (C=O) groups is 3. The Bertz CT molecular complexity index is 2810. The van der Waals surface area contributed by atoms with Crippen molar-refractivity contribution < 1.29 is 28.3 Å². The third-order valence-electron chi connectivity index (χ3n) is 16.6. The topological polar surface area (TPSA) is 185 Å². The molecule has 2 amide bonds. The van der Waals surface area contributed by atoms with Crippen LogP contribution >= 0.6 is 0 Å². The Labute approximate surface area is 408 Å². The fourth-order valence-electron chi connectivity index (χ4n) is 12.5. The largest absolute Gasteiger partial charge is 0.464 e. The number of pyridine rings is 1. The van der Waals surface area contributed by atoms with E-state index in [9.17, 15) is 9.59 Å². The van der Waals surface area contributed by atoms with Crippen molar-refractivity contribution >= 4 is 28.7 Å². The quantitative estimate of drug-likeness (QED) is 0.157. The van der Waals surface area contributed by atoms with Gasteiger partial charge < -0.3 is 29.1 Å². The molecule has 2 aliphatic carbocycles. The predicted octanol–water partition coefficient (Wildman–Crippen LogP) is 5.51. The normalized spacial score (nSPS) is 28.5. The minimum Gasteiger partial charge on any atom is -0.464 e. The highest BCUT2D eigenvalue weighted by Crippen LogP contribution is 2.53. The van der Waals surface area contributed by atoms with Crippen molar-refractivity contribution in [3.8, 4) is 22.5 Å². The van der Waals surface area contributed by atoms with Gasteiger partial charge in [0.15, 0.2) is 0 Å². The standard InChI is InChI=1S/C53H65N11O6/c1-30-42(38-15-19-54-29-56-38)43(30)48(65)59-45-47(62-26-53(27-62)16-8-18-57-53)49-58-40(25-69-49)32-11-14-41-36(21-32)37(22-52(3,4)28-70-51(67)39-10-7-20-63(60-39)50(45)66)46(35-9-6-17-55-44(35)31(2)68-5)64(41)34-23-61(24-34)33-12-13-33/h6,9,11,14-15,17,19,21,25,29-31,33-34,39,42-43,45,47,57,60H,7-8,10,12-13,16,18,20,22-24,26-28H2,1-5H3,(H,59,65)/t30-,31-,39-,42-,43+,45-,47-/m0/s1. The molecular formula is C53H65N11O6. The van der Waals surface area contributed by atoms with Gasteiger partial charge in [-0.3, -0.25) is 34.2 Å². The first-order valence-corrected chi connectivity index (χ1v) is 25.5. The lowest BCUT2D eigenvalue weighted by Crippen LogP contribution is -2.70. The van der Waals surface area contributed by atoms with E-state index in [4.69, 9.17) is 23.9 Å². The van der Waals surface area contributed by atoms with Crippen LogP contribution in [-0.2, 0) is 30.3 Å². The molecule has 5 aliphatic heterocycles. The number of amides is 2. The molecule has 1 aromatic carbocycles. The lowest BCUT2D eigenvalue weighted by Gasteiger charge is -2.52. The summed E-state index contributed by atoms with van der Waals surface area (Å²) >= 11 is 0. The molecule has 17 heteroatoms. The highest BCUT2D eigenvalue weighted by molar-refractivity contribution is 5.95. The van der Waals surface area contributed by atoms with Crippen LogP contribution in [0.25, 0.3) is 33.4 Å². The van der Waals surface area contributed by atoms with E-state index < -0.39 is 35.4 Å². The Morgan fingerprint density at radius 3 is 2.61 bits per heavy atom. The maximum Gasteiger partial charge on any atom is 0.324 e. The Morgan fingerprint density at radius 1 is 1.01 bits per heavy atom. The number of oxazole rings is 1. The number of methoxy groups -OCH3 is 1. The summed E-state index contributed by atoms with van der Waals surface area (Å²) in [5.74, 6) is -1.17. The summed E-state index contributed by atoms with van der Waals surface area (Å²) in [7, 11) is 1.72. The fourth-order valence-corrected chi connectivity index (χ4v) is 12.5. The molecule has 368 valence electrons. The van der Waals surface area contributed by atoms with Gasteiger partial charge in [-0.05, 0) is 100 Å². The number of benzene rings is 1. The van der Waals surface area contributed by atoms with Gasteiger partial charge in [0.2, 0.25) is 11.8 Å². The van der Waals surface area contributed by atoms with E-state index in [0.29, 0.717) is 56.5 Å². The van der Waals surface area contributed by atoms with Gasteiger partial charge in [-0.25, -0.2) is 20.4 Å². The van der Waals surface area contributed by atoms with Gasteiger partial charge in [-0.15, -0.1) is 0 Å². The number of hydrogen-bond donors (Lipinski definition) is 3. The number of likely N-dealkylation sites (tertiary alicyclic amines) is 2. The molecular weight excluding hydrogens is 887 g/mol. The number of esters is 1. The average Bonchev–Trinajstić information content (AvgIpc) is 4.11. The number of nitrogens with one attached hydrogen (secondary N) is 3. The Balaban J connectivity index is 0.998. The van der Waals surface area contributed by atoms with Crippen LogP contribution in [0.5, 0.6) is 0 Å². The van der Waals surface area contributed by atoms with Crippen molar-refractivity contribution in [2.75, 3.05) is 53.0 Å². The van der Waals surface area contributed by atoms with Crippen LogP contribution in [0.15, 0.2) is 65.8 Å². The van der Waals surface area contributed by atoms with Crippen LogP contribution < -0.4 is 16.1 Å². The van der Waals surface area contributed by atoms with Crippen molar-refractivity contribution in [1.82, 2.24) is 55.4 Å². The van der Waals surface area contributed by atoms with Crippen molar-refractivity contribution in [1.29, 1.82) is 0 Å². The first-order valence-electron chi connectivity index (χ1n) is 25.5. The lowest BCUT2D eigenvalue weighted by atomic mass is 9.84. The van der Waals surface area contributed by atoms with Crippen molar-refractivity contribution in [3.05, 3.63) is 84.2 Å². The average molecular weight is 952 g/mol. The highest BCUT2D eigenvalue weighted by atomic mass is 16.5. The number of cyclic esters (lactones) is 1. The molecule has 4 aromatic heterocycles. The number of carbonyl (C=O) groups excluding carboxylic acids is 3. The Kier molecular flexibility index (Phi) is 11.5. The molecule has 2 saturated carbocycles. The van der Waals surface area contributed by atoms with E-state index >= 15 is 4.79 Å². The minimum absolute atomic E-state index is 0.00668. The molecule has 0 radical (unpaired) electrons. The van der Waals surface area contributed by atoms with Gasteiger partial charge in [0, 0.05) is 109 Å². The first-order chi connectivity index (χ1) is 33.9. The molecule has 9 heterocycles. The molecule has 7 atom stereocenters. The van der Waals surface area contributed by atoms with Gasteiger partial charge >= 0.3 is 5.97 Å². The molecule has 7 aliphatic rings. The van der Waals surface area contributed by atoms with Gasteiger partial charge in [0.1, 0.15) is 36.4 Å². The number of hydrogen-bond acceptors (Lipinski definition) is 14. The smallest absolute Gasteiger partial charge is 0.324 e. The molecule has 6 bridgehead atoms. The summed E-state index contributed by atoms with van der Waals surface area (Å²) in [6.07, 6.45) is 12.7. The van der Waals surface area contributed by atoms with Crippen molar-refractivity contribution in [2.24, 2.45) is 17.3 Å². The molecule has 1 spiro atoms. The maximum atomic E-state index is 15.3. The lowest BCUT2D eigenvalue weighted by molar-refractivity contribution is -0.156. The van der Waals surface area contributed by atoms with E-state index in [1.165, 1.54) is 24.2 Å². The van der Waals surface area contributed by atoms with Gasteiger partial charge in [0.05, 0.1) is 30.1 Å². The first kappa shape index (κ1) is 45.5. The second-order valence-electron chi connectivity index (χ2n) is 22.1. The number of aromatic nitrogens is 5. The monoisotopic (exact) mass is 952 g/mol. The summed E-state index contributed by atoms with van der Waals surface area (Å²) in [4.78, 5) is 67.8. The predicted molar refractivity (Wildman–Crippen MR) is 260 cm³/mol. The Morgan fingerprint density at radius 2 is 1.86 bits per heavy atom. The molecule has 5 aromatic rings. The van der Waals surface area contributed by atoms with Crippen LogP contribution in [0.2, 0.25) is 0 Å². The molecule has 0 unspecified atom stereocenters. The molecule has 12 rings (SSSR count). The summed E-state index contributed by atoms with van der Waals surface area (Å²) in [6, 6.07) is 10.9. The second kappa shape index (κ2) is 17.6. The number of hydrazine groups is 1. The third-order valence-corrected chi connectivity index (χ3v) is 16.6. The van der Waals surface area contributed by atoms with Crippen LogP contribution in [0.1, 0.15) is 113 Å². The number of ether oxygens (including phenoxy) is 2. The summed E-state index contributed by atoms with van der Waals surface area (Å²) in [5, 5.41) is 9.58. The fraction of sp³-hybridized carbons (Fsp3) is 0.566. The van der Waals surface area contributed by atoms with Crippen LogP contribution in [-0.4, -0.2) is 134 Å². The van der Waals surface area contributed by atoms with Crippen LogP contribution in [0.4, 0.5) is 0 Å². The summed E-state index contributed by atoms with van der Waals surface area (Å²) < 4.78 is 21.4. The molecule has 4 saturated heterocycles. The SMILES string of the molecule is CO[C@@H](C)c1ncccc1-c1c2c3cc(ccc3n1C1CN(C3CC3)C1)-c1coc(n1)[C@@H](N1CC3(CCCN3)C1)[C@H](NC(=O)[C@@H]1[C@@H](C)[C@H]1c1ccncn1)C(=O)N1CCC[C@H](N1)C(=O)OCC(C)(C)C2. The molecule has 6 fully saturated rings. The number of fused-ring (bicyclic) bond motifs is 6. The van der Waals surface area contributed by atoms with E-state index in [0.717, 1.165) is 77.2 Å². The number of nitrogens with zero attached hydrogens (tertiary/aromatic N) is 8. The van der Waals surface area contributed by atoms with Crippen LogP contribution in [0, 0.1) is 17.3 Å². The molecule has 17 nitrogen and oxygen atoms in total. The number of rotatable bonds is 9. The van der Waals surface area contributed by atoms with E-state index in [2.05, 4.69) is 78.5 Å². The minimum atomic E-state index is -1.11. The maximum absolute atomic E-state index is 15.3. The zero-order valence-electron chi connectivity index (χ0n) is 40.9. The zero-order chi connectivity index (χ0) is 48.1. The van der Waals surface area contributed by atoms with Gasteiger partial charge in [-0.1, -0.05) is 26.8 Å². The van der Waals surface area contributed by atoms with E-state index in [-0.39, 0.29) is 47.9 Å². The van der Waals surface area contributed by atoms with Crippen molar-refractivity contribution in [2.45, 2.75) is 120 Å².